The first-order valence-corrected chi connectivity index (χ1v) is 9.98. The van der Waals surface area contributed by atoms with Crippen molar-refractivity contribution in [3.05, 3.63) is 54.7 Å². The first kappa shape index (κ1) is 13.8. The van der Waals surface area contributed by atoms with Crippen LogP contribution >= 0.6 is 0 Å². The molecule has 0 amide bonds. The summed E-state index contributed by atoms with van der Waals surface area (Å²) in [5.41, 5.74) is 0. The van der Waals surface area contributed by atoms with Gasteiger partial charge in [-0.1, -0.05) is 37.4 Å². The van der Waals surface area contributed by atoms with E-state index >= 15 is 0 Å². The number of hydrogen-bond acceptors (Lipinski definition) is 2. The molecule has 0 spiro atoms. The summed E-state index contributed by atoms with van der Waals surface area (Å²) >= 11 is 0. The molecule has 0 unspecified atom stereocenters. The van der Waals surface area contributed by atoms with Crippen LogP contribution < -0.4 is 10.1 Å². The van der Waals surface area contributed by atoms with Crippen molar-refractivity contribution in [2.45, 2.75) is 25.6 Å². The molecule has 100 valence electrons. The van der Waals surface area contributed by atoms with Crippen LogP contribution in [-0.4, -0.2) is 19.7 Å². The SMILES string of the molecule is C[Si](C)(CCCOc1ccccc1)c1ccccn1. The van der Waals surface area contributed by atoms with Crippen LogP contribution in [0.15, 0.2) is 54.7 Å². The fraction of sp³-hybridized carbons (Fsp3) is 0.312. The van der Waals surface area contributed by atoms with Crippen LogP contribution in [0.3, 0.4) is 0 Å². The lowest BCUT2D eigenvalue weighted by Gasteiger charge is -2.21. The van der Waals surface area contributed by atoms with Gasteiger partial charge in [-0.05, 0) is 36.7 Å². The third-order valence-electron chi connectivity index (χ3n) is 3.32. The van der Waals surface area contributed by atoms with E-state index in [-0.39, 0.29) is 0 Å². The molecule has 0 N–H and O–H groups in total. The summed E-state index contributed by atoms with van der Waals surface area (Å²) in [6.07, 6.45) is 2.98. The number of benzene rings is 1. The van der Waals surface area contributed by atoms with Gasteiger partial charge in [-0.25, -0.2) is 0 Å². The third-order valence-corrected chi connectivity index (χ3v) is 6.60. The van der Waals surface area contributed by atoms with Gasteiger partial charge in [0.1, 0.15) is 13.8 Å². The Morgan fingerprint density at radius 1 is 1.00 bits per heavy atom. The average molecular weight is 271 g/mol. The predicted octanol–water partition coefficient (Wildman–Crippen LogP) is 3.47. The van der Waals surface area contributed by atoms with Crippen molar-refractivity contribution in [3.8, 4) is 5.75 Å². The molecule has 0 aliphatic rings. The highest BCUT2D eigenvalue weighted by Gasteiger charge is 2.24. The Kier molecular flexibility index (Phi) is 4.74. The molecular weight excluding hydrogens is 250 g/mol. The van der Waals surface area contributed by atoms with E-state index in [1.165, 1.54) is 11.4 Å². The van der Waals surface area contributed by atoms with E-state index in [1.807, 2.05) is 42.6 Å². The molecule has 2 nitrogen and oxygen atoms in total. The number of ether oxygens (including phenoxy) is 1. The number of rotatable bonds is 6. The number of para-hydroxylation sites is 1. The van der Waals surface area contributed by atoms with Crippen LogP contribution in [0.5, 0.6) is 5.75 Å². The fourth-order valence-electron chi connectivity index (χ4n) is 2.11. The van der Waals surface area contributed by atoms with Crippen molar-refractivity contribution in [1.29, 1.82) is 0 Å². The third kappa shape index (κ3) is 4.21. The van der Waals surface area contributed by atoms with Gasteiger partial charge in [0.25, 0.3) is 0 Å². The minimum absolute atomic E-state index is 0.785. The van der Waals surface area contributed by atoms with Crippen molar-refractivity contribution in [2.75, 3.05) is 6.61 Å². The molecule has 0 aliphatic heterocycles. The monoisotopic (exact) mass is 271 g/mol. The van der Waals surface area contributed by atoms with Crippen molar-refractivity contribution in [1.82, 2.24) is 4.98 Å². The summed E-state index contributed by atoms with van der Waals surface area (Å²) in [5, 5.41) is 1.29. The number of pyridine rings is 1. The normalized spacial score (nSPS) is 11.3. The average Bonchev–Trinajstić information content (AvgIpc) is 2.46. The zero-order valence-electron chi connectivity index (χ0n) is 11.7. The zero-order valence-corrected chi connectivity index (χ0v) is 12.7. The van der Waals surface area contributed by atoms with Crippen LogP contribution in [0.4, 0.5) is 0 Å². The van der Waals surface area contributed by atoms with Gasteiger partial charge in [0, 0.05) is 11.5 Å². The molecule has 3 heteroatoms. The van der Waals surface area contributed by atoms with E-state index in [2.05, 4.69) is 30.2 Å². The lowest BCUT2D eigenvalue weighted by molar-refractivity contribution is 0.317. The Bertz CT molecular complexity index is 485. The van der Waals surface area contributed by atoms with E-state index < -0.39 is 8.07 Å². The summed E-state index contributed by atoms with van der Waals surface area (Å²) in [5.74, 6) is 0.958. The molecule has 0 atom stereocenters. The fourth-order valence-corrected chi connectivity index (χ4v) is 4.37. The van der Waals surface area contributed by atoms with Gasteiger partial charge in [0.15, 0.2) is 0 Å². The second-order valence-corrected chi connectivity index (χ2v) is 10.1. The molecule has 0 aliphatic carbocycles. The molecular formula is C16H21NOSi. The minimum Gasteiger partial charge on any atom is -0.494 e. The van der Waals surface area contributed by atoms with Crippen LogP contribution in [0, 0.1) is 0 Å². The second kappa shape index (κ2) is 6.52. The molecule has 2 aromatic rings. The number of nitrogens with zero attached hydrogens (tertiary/aromatic N) is 1. The predicted molar refractivity (Wildman–Crippen MR) is 82.7 cm³/mol. The maximum atomic E-state index is 5.74. The maximum absolute atomic E-state index is 5.74. The van der Waals surface area contributed by atoms with Crippen LogP contribution in [0.25, 0.3) is 0 Å². The van der Waals surface area contributed by atoms with E-state index in [9.17, 15) is 0 Å². The lowest BCUT2D eigenvalue weighted by Crippen LogP contribution is -2.43. The topological polar surface area (TPSA) is 22.1 Å². The van der Waals surface area contributed by atoms with Crippen LogP contribution in [0.2, 0.25) is 19.1 Å². The number of aromatic nitrogens is 1. The molecule has 0 saturated carbocycles. The van der Waals surface area contributed by atoms with Crippen molar-refractivity contribution >= 4 is 13.4 Å². The lowest BCUT2D eigenvalue weighted by atomic mass is 10.3. The van der Waals surface area contributed by atoms with E-state index in [4.69, 9.17) is 4.74 Å². The molecule has 0 saturated heterocycles. The summed E-state index contributed by atoms with van der Waals surface area (Å²) < 4.78 is 5.74. The molecule has 0 bridgehead atoms. The smallest absolute Gasteiger partial charge is 0.119 e. The van der Waals surface area contributed by atoms with Crippen molar-refractivity contribution in [3.63, 3.8) is 0 Å². The summed E-state index contributed by atoms with van der Waals surface area (Å²) in [6.45, 7) is 5.53. The van der Waals surface area contributed by atoms with E-state index in [1.54, 1.807) is 0 Å². The van der Waals surface area contributed by atoms with Gasteiger partial charge in [-0.3, -0.25) is 4.98 Å². The largest absolute Gasteiger partial charge is 0.494 e. The van der Waals surface area contributed by atoms with Crippen molar-refractivity contribution < 1.29 is 4.74 Å². The molecule has 1 heterocycles. The van der Waals surface area contributed by atoms with Crippen LogP contribution in [-0.2, 0) is 0 Å². The molecule has 1 aromatic heterocycles. The Morgan fingerprint density at radius 3 is 2.42 bits per heavy atom. The molecule has 1 aromatic carbocycles. The highest BCUT2D eigenvalue weighted by molar-refractivity contribution is 6.89. The Labute approximate surface area is 116 Å². The highest BCUT2D eigenvalue weighted by atomic mass is 28.3. The molecule has 0 radical (unpaired) electrons. The summed E-state index contributed by atoms with van der Waals surface area (Å²) in [4.78, 5) is 4.51. The van der Waals surface area contributed by atoms with E-state index in [0.717, 1.165) is 18.8 Å². The first-order valence-electron chi connectivity index (χ1n) is 6.78. The van der Waals surface area contributed by atoms with Gasteiger partial charge in [0.05, 0.1) is 6.61 Å². The van der Waals surface area contributed by atoms with Gasteiger partial charge >= 0.3 is 0 Å². The van der Waals surface area contributed by atoms with Gasteiger partial charge in [-0.2, -0.15) is 0 Å². The van der Waals surface area contributed by atoms with Gasteiger partial charge in [0.2, 0.25) is 0 Å². The minimum atomic E-state index is -1.41. The van der Waals surface area contributed by atoms with Gasteiger partial charge < -0.3 is 4.74 Å². The Hall–Kier alpha value is -1.61. The van der Waals surface area contributed by atoms with Crippen LogP contribution in [0.1, 0.15) is 6.42 Å². The highest BCUT2D eigenvalue weighted by Crippen LogP contribution is 2.13. The zero-order chi connectivity index (χ0) is 13.6. The molecule has 0 fully saturated rings. The van der Waals surface area contributed by atoms with Crippen molar-refractivity contribution in [2.24, 2.45) is 0 Å². The quantitative estimate of drug-likeness (QED) is 0.593. The summed E-state index contributed by atoms with van der Waals surface area (Å²) in [6, 6.07) is 17.4. The van der Waals surface area contributed by atoms with Gasteiger partial charge in [-0.15, -0.1) is 0 Å². The molecule has 2 rings (SSSR count). The Morgan fingerprint density at radius 2 is 1.74 bits per heavy atom. The standard InChI is InChI=1S/C16H21NOSi/c1-19(2,16-11-6-7-12-17-16)14-8-13-18-15-9-4-3-5-10-15/h3-7,9-12H,8,13-14H2,1-2H3. The Balaban J connectivity index is 1.79. The number of hydrogen-bond donors (Lipinski definition) is 0. The summed E-state index contributed by atoms with van der Waals surface area (Å²) in [7, 11) is -1.41. The van der Waals surface area contributed by atoms with E-state index in [0.29, 0.717) is 0 Å². The second-order valence-electron chi connectivity index (χ2n) is 5.36. The maximum Gasteiger partial charge on any atom is 0.119 e. The first-order chi connectivity index (χ1) is 9.18. The molecule has 19 heavy (non-hydrogen) atoms.